The Kier molecular flexibility index (Phi) is 5.65. The van der Waals surface area contributed by atoms with Crippen molar-refractivity contribution in [1.29, 1.82) is 0 Å². The number of amides is 4. The van der Waals surface area contributed by atoms with Gasteiger partial charge in [-0.15, -0.1) is 0 Å². The second kappa shape index (κ2) is 8.53. The monoisotopic (exact) mass is 403 g/mol. The van der Waals surface area contributed by atoms with Crippen molar-refractivity contribution in [2.24, 2.45) is 0 Å². The number of benzene rings is 2. The topological polar surface area (TPSA) is 69.7 Å². The molecule has 6 heteroatoms. The Balaban J connectivity index is 1.57. The fourth-order valence-corrected chi connectivity index (χ4v) is 3.93. The minimum Gasteiger partial charge on any atom is -0.371 e. The van der Waals surface area contributed by atoms with Crippen molar-refractivity contribution in [3.63, 3.8) is 0 Å². The number of nitrogens with one attached hydrogen (secondary N) is 1. The summed E-state index contributed by atoms with van der Waals surface area (Å²) in [5.41, 5.74) is 4.04. The van der Waals surface area contributed by atoms with Crippen LogP contribution in [-0.4, -0.2) is 35.8 Å². The van der Waals surface area contributed by atoms with E-state index < -0.39 is 17.8 Å². The maximum atomic E-state index is 12.9. The Hall–Kier alpha value is -3.41. The number of nitrogens with zero attached hydrogens (tertiary/aromatic N) is 2. The molecule has 0 saturated carbocycles. The summed E-state index contributed by atoms with van der Waals surface area (Å²) in [7, 11) is 0. The first-order valence-electron chi connectivity index (χ1n) is 10.4. The van der Waals surface area contributed by atoms with Gasteiger partial charge in [0, 0.05) is 18.8 Å². The number of anilines is 1. The van der Waals surface area contributed by atoms with Crippen LogP contribution in [0.5, 0.6) is 0 Å². The Morgan fingerprint density at radius 3 is 2.63 bits per heavy atom. The highest BCUT2D eigenvalue weighted by Crippen LogP contribution is 2.30. The van der Waals surface area contributed by atoms with Crippen molar-refractivity contribution in [3.8, 4) is 0 Å². The molecule has 0 atom stereocenters. The molecule has 2 aromatic rings. The predicted molar refractivity (Wildman–Crippen MR) is 116 cm³/mol. The Morgan fingerprint density at radius 1 is 1.07 bits per heavy atom. The van der Waals surface area contributed by atoms with Crippen LogP contribution in [0, 0.1) is 0 Å². The lowest BCUT2D eigenvalue weighted by Gasteiger charge is -2.26. The van der Waals surface area contributed by atoms with E-state index in [1.54, 1.807) is 6.08 Å². The molecule has 2 aromatic carbocycles. The molecular weight excluding hydrogens is 378 g/mol. The van der Waals surface area contributed by atoms with Gasteiger partial charge in [0.05, 0.1) is 6.54 Å². The van der Waals surface area contributed by atoms with Gasteiger partial charge >= 0.3 is 6.03 Å². The number of imide groups is 2. The van der Waals surface area contributed by atoms with Crippen LogP contribution in [0.2, 0.25) is 0 Å². The number of hydrogen-bond acceptors (Lipinski definition) is 4. The van der Waals surface area contributed by atoms with Crippen molar-refractivity contribution in [3.05, 3.63) is 70.8 Å². The van der Waals surface area contributed by atoms with Crippen LogP contribution in [0.25, 0.3) is 6.08 Å². The molecule has 1 fully saturated rings. The van der Waals surface area contributed by atoms with Crippen molar-refractivity contribution >= 4 is 29.6 Å². The minimum atomic E-state index is -0.688. The van der Waals surface area contributed by atoms with E-state index in [1.165, 1.54) is 11.3 Å². The number of unbranched alkanes of at least 4 members (excludes halogenated alkanes) is 1. The first-order valence-corrected chi connectivity index (χ1v) is 10.4. The number of rotatable bonds is 6. The molecule has 0 bridgehead atoms. The maximum absolute atomic E-state index is 12.9. The molecule has 0 spiro atoms. The van der Waals surface area contributed by atoms with Crippen molar-refractivity contribution in [2.75, 3.05) is 18.0 Å². The summed E-state index contributed by atoms with van der Waals surface area (Å²) in [5.74, 6) is -1.22. The quantitative estimate of drug-likeness (QED) is 0.592. The zero-order chi connectivity index (χ0) is 21.1. The molecule has 6 nitrogen and oxygen atoms in total. The highest BCUT2D eigenvalue weighted by molar-refractivity contribution is 6.30. The number of carbonyl (C=O) groups excluding carboxylic acids is 3. The lowest BCUT2D eigenvalue weighted by molar-refractivity contribution is -0.130. The molecule has 0 aliphatic carbocycles. The summed E-state index contributed by atoms with van der Waals surface area (Å²) in [6.45, 7) is 4.34. The smallest absolute Gasteiger partial charge is 0.331 e. The fraction of sp³-hybridized carbons (Fsp3) is 0.292. The Bertz CT molecular complexity index is 1010. The van der Waals surface area contributed by atoms with Gasteiger partial charge in [-0.2, -0.15) is 0 Å². The molecule has 2 aliphatic rings. The highest BCUT2D eigenvalue weighted by atomic mass is 16.2. The van der Waals surface area contributed by atoms with Gasteiger partial charge in [0.2, 0.25) is 0 Å². The van der Waals surface area contributed by atoms with E-state index in [9.17, 15) is 14.4 Å². The predicted octanol–water partition coefficient (Wildman–Crippen LogP) is 3.51. The summed E-state index contributed by atoms with van der Waals surface area (Å²) in [4.78, 5) is 41.0. The van der Waals surface area contributed by atoms with Crippen LogP contribution >= 0.6 is 0 Å². The second-order valence-electron chi connectivity index (χ2n) is 7.67. The molecule has 0 unspecified atom stereocenters. The molecule has 2 heterocycles. The average molecular weight is 403 g/mol. The molecule has 2 aliphatic heterocycles. The summed E-state index contributed by atoms with van der Waals surface area (Å²) in [5, 5.41) is 2.28. The van der Waals surface area contributed by atoms with Crippen LogP contribution in [-0.2, 0) is 22.6 Å². The average Bonchev–Trinajstić information content (AvgIpc) is 3.15. The van der Waals surface area contributed by atoms with E-state index in [2.05, 4.69) is 23.2 Å². The maximum Gasteiger partial charge on any atom is 0.331 e. The highest BCUT2D eigenvalue weighted by Gasteiger charge is 2.35. The molecule has 154 valence electrons. The van der Waals surface area contributed by atoms with E-state index >= 15 is 0 Å². The largest absolute Gasteiger partial charge is 0.371 e. The van der Waals surface area contributed by atoms with Crippen LogP contribution in [0.3, 0.4) is 0 Å². The second-order valence-corrected chi connectivity index (χ2v) is 7.67. The number of barbiturate groups is 1. The van der Waals surface area contributed by atoms with Gasteiger partial charge in [-0.25, -0.2) is 4.79 Å². The Morgan fingerprint density at radius 2 is 1.87 bits per heavy atom. The van der Waals surface area contributed by atoms with Crippen LogP contribution in [0.4, 0.5) is 10.5 Å². The first kappa shape index (κ1) is 19.9. The lowest BCUT2D eigenvalue weighted by atomic mass is 10.0. The normalized spacial score (nSPS) is 17.5. The number of carbonyl (C=O) groups is 3. The number of urea groups is 1. The first-order chi connectivity index (χ1) is 14.6. The molecule has 4 amide bonds. The molecule has 30 heavy (non-hydrogen) atoms. The van der Waals surface area contributed by atoms with E-state index in [4.69, 9.17) is 0 Å². The third-order valence-corrected chi connectivity index (χ3v) is 5.56. The van der Waals surface area contributed by atoms with Gasteiger partial charge in [-0.3, -0.25) is 19.8 Å². The van der Waals surface area contributed by atoms with E-state index in [-0.39, 0.29) is 12.1 Å². The molecule has 4 rings (SSSR count). The van der Waals surface area contributed by atoms with E-state index in [0.717, 1.165) is 48.4 Å². The summed E-state index contributed by atoms with van der Waals surface area (Å²) < 4.78 is 0. The van der Waals surface area contributed by atoms with Crippen LogP contribution < -0.4 is 10.2 Å². The Labute approximate surface area is 176 Å². The summed E-state index contributed by atoms with van der Waals surface area (Å²) in [6.07, 6.45) is 4.85. The SMILES string of the molecule is CCCCN1CCc2cc(/C=C3\C(=O)NC(=O)N(Cc4ccccc4)C3=O)ccc21. The molecule has 1 N–H and O–H groups in total. The van der Waals surface area contributed by atoms with Crippen molar-refractivity contribution < 1.29 is 14.4 Å². The summed E-state index contributed by atoms with van der Waals surface area (Å²) in [6, 6.07) is 14.6. The van der Waals surface area contributed by atoms with Crippen LogP contribution in [0.1, 0.15) is 36.5 Å². The molecule has 0 aromatic heterocycles. The van der Waals surface area contributed by atoms with Gasteiger partial charge in [0.1, 0.15) is 5.57 Å². The summed E-state index contributed by atoms with van der Waals surface area (Å²) >= 11 is 0. The molecule has 1 saturated heterocycles. The lowest BCUT2D eigenvalue weighted by Crippen LogP contribution is -2.53. The van der Waals surface area contributed by atoms with Crippen molar-refractivity contribution in [1.82, 2.24) is 10.2 Å². The standard InChI is InChI=1S/C24H25N3O3/c1-2-3-12-26-13-11-19-14-18(9-10-21(19)26)15-20-22(28)25-24(30)27(23(20)29)16-17-7-5-4-6-8-17/h4-10,14-15H,2-3,11-13,16H2,1H3,(H,25,28,30)/b20-15+. The van der Waals surface area contributed by atoms with Crippen molar-refractivity contribution in [2.45, 2.75) is 32.7 Å². The number of hydrogen-bond donors (Lipinski definition) is 1. The third kappa shape index (κ3) is 3.99. The van der Waals surface area contributed by atoms with Gasteiger partial charge in [0.15, 0.2) is 0 Å². The van der Waals surface area contributed by atoms with Gasteiger partial charge < -0.3 is 4.90 Å². The molecular formula is C24H25N3O3. The zero-order valence-electron chi connectivity index (χ0n) is 17.1. The zero-order valence-corrected chi connectivity index (χ0v) is 17.1. The number of fused-ring (bicyclic) bond motifs is 1. The van der Waals surface area contributed by atoms with Gasteiger partial charge in [-0.1, -0.05) is 49.7 Å². The van der Waals surface area contributed by atoms with E-state index in [1.807, 2.05) is 42.5 Å². The molecule has 0 radical (unpaired) electrons. The van der Waals surface area contributed by atoms with Crippen LogP contribution in [0.15, 0.2) is 54.1 Å². The third-order valence-electron chi connectivity index (χ3n) is 5.56. The van der Waals surface area contributed by atoms with E-state index in [0.29, 0.717) is 0 Å². The van der Waals surface area contributed by atoms with Gasteiger partial charge in [-0.05, 0) is 47.7 Å². The minimum absolute atomic E-state index is 0.0219. The van der Waals surface area contributed by atoms with Gasteiger partial charge in [0.25, 0.3) is 11.8 Å². The fourth-order valence-electron chi connectivity index (χ4n) is 3.93.